The van der Waals surface area contributed by atoms with E-state index < -0.39 is 0 Å². The van der Waals surface area contributed by atoms with Gasteiger partial charge in [-0.2, -0.15) is 0 Å². The van der Waals surface area contributed by atoms with Crippen LogP contribution in [0, 0.1) is 5.41 Å². The van der Waals surface area contributed by atoms with Crippen LogP contribution in [0.3, 0.4) is 0 Å². The second kappa shape index (κ2) is 6.45. The van der Waals surface area contributed by atoms with E-state index in [0.717, 1.165) is 17.5 Å². The van der Waals surface area contributed by atoms with E-state index in [1.165, 1.54) is 12.8 Å². The Labute approximate surface area is 115 Å². The monoisotopic (exact) mass is 271 g/mol. The lowest BCUT2D eigenvalue weighted by atomic mass is 9.84. The van der Waals surface area contributed by atoms with E-state index >= 15 is 0 Å². The second-order valence-corrected chi connectivity index (χ2v) is 6.18. The van der Waals surface area contributed by atoms with Crippen molar-refractivity contribution < 1.29 is 4.79 Å². The molecule has 4 nitrogen and oxygen atoms in total. The number of likely N-dealkylation sites (N-methyl/N-ethyl adjacent to an activating group) is 1. The molecule has 0 fully saturated rings. The SMILES string of the molecule is CCC1(CC)CN=C(NC(C)C(=O)N(C)C)SC1. The van der Waals surface area contributed by atoms with Crippen molar-refractivity contribution in [2.75, 3.05) is 26.4 Å². The molecule has 1 aliphatic rings. The number of amides is 1. The minimum absolute atomic E-state index is 0.0844. The number of nitrogens with zero attached hydrogens (tertiary/aromatic N) is 2. The third-order valence-electron chi connectivity index (χ3n) is 3.72. The Bertz CT molecular complexity index is 324. The molecule has 0 saturated heterocycles. The first-order chi connectivity index (χ1) is 8.44. The number of amidine groups is 1. The molecule has 0 aliphatic carbocycles. The lowest BCUT2D eigenvalue weighted by molar-refractivity contribution is -0.130. The Balaban J connectivity index is 2.56. The van der Waals surface area contributed by atoms with Crippen molar-refractivity contribution in [2.24, 2.45) is 10.4 Å². The molecular formula is C13H25N3OS. The van der Waals surface area contributed by atoms with Crippen molar-refractivity contribution in [3.05, 3.63) is 0 Å². The number of carbonyl (C=O) groups excluding carboxylic acids is 1. The molecule has 1 N–H and O–H groups in total. The highest BCUT2D eigenvalue weighted by Crippen LogP contribution is 2.34. The highest BCUT2D eigenvalue weighted by atomic mass is 32.2. The van der Waals surface area contributed by atoms with E-state index in [1.807, 2.05) is 6.92 Å². The average molecular weight is 271 g/mol. The van der Waals surface area contributed by atoms with E-state index in [9.17, 15) is 4.79 Å². The first kappa shape index (κ1) is 15.3. The summed E-state index contributed by atoms with van der Waals surface area (Å²) in [7, 11) is 3.55. The van der Waals surface area contributed by atoms with Crippen LogP contribution in [0.2, 0.25) is 0 Å². The summed E-state index contributed by atoms with van der Waals surface area (Å²) in [5, 5.41) is 4.12. The summed E-state index contributed by atoms with van der Waals surface area (Å²) in [4.78, 5) is 18.0. The average Bonchev–Trinajstić information content (AvgIpc) is 2.39. The summed E-state index contributed by atoms with van der Waals surface area (Å²) < 4.78 is 0. The largest absolute Gasteiger partial charge is 0.353 e. The third kappa shape index (κ3) is 3.64. The van der Waals surface area contributed by atoms with Crippen LogP contribution in [0.5, 0.6) is 0 Å². The summed E-state index contributed by atoms with van der Waals surface area (Å²) >= 11 is 1.74. The number of rotatable bonds is 4. The lowest BCUT2D eigenvalue weighted by Gasteiger charge is -2.34. The zero-order valence-electron chi connectivity index (χ0n) is 12.1. The van der Waals surface area contributed by atoms with Gasteiger partial charge in [-0.25, -0.2) is 0 Å². The first-order valence-electron chi connectivity index (χ1n) is 6.59. The fourth-order valence-corrected chi connectivity index (χ4v) is 3.31. The topological polar surface area (TPSA) is 44.7 Å². The van der Waals surface area contributed by atoms with Gasteiger partial charge in [-0.15, -0.1) is 0 Å². The number of thioether (sulfide) groups is 1. The van der Waals surface area contributed by atoms with Crippen molar-refractivity contribution in [3.8, 4) is 0 Å². The fourth-order valence-electron chi connectivity index (χ4n) is 1.95. The molecule has 1 heterocycles. The molecule has 18 heavy (non-hydrogen) atoms. The van der Waals surface area contributed by atoms with Gasteiger partial charge in [-0.3, -0.25) is 9.79 Å². The van der Waals surface area contributed by atoms with Gasteiger partial charge >= 0.3 is 0 Å². The van der Waals surface area contributed by atoms with Gasteiger partial charge in [0.25, 0.3) is 0 Å². The predicted molar refractivity (Wildman–Crippen MR) is 79.1 cm³/mol. The minimum Gasteiger partial charge on any atom is -0.353 e. The number of nitrogens with one attached hydrogen (secondary N) is 1. The van der Waals surface area contributed by atoms with Crippen LogP contribution in [0.4, 0.5) is 0 Å². The molecule has 0 aromatic carbocycles. The molecule has 1 unspecified atom stereocenters. The van der Waals surface area contributed by atoms with Gasteiger partial charge in [-0.05, 0) is 25.2 Å². The molecule has 5 heteroatoms. The van der Waals surface area contributed by atoms with Crippen LogP contribution < -0.4 is 5.32 Å². The molecule has 0 spiro atoms. The molecule has 0 aromatic rings. The summed E-state index contributed by atoms with van der Waals surface area (Å²) in [6.45, 7) is 7.22. The normalized spacial score (nSPS) is 19.9. The van der Waals surface area contributed by atoms with E-state index in [1.54, 1.807) is 30.8 Å². The van der Waals surface area contributed by atoms with Gasteiger partial charge in [0.1, 0.15) is 6.04 Å². The predicted octanol–water partition coefficient (Wildman–Crippen LogP) is 1.96. The number of carbonyl (C=O) groups is 1. The second-order valence-electron chi connectivity index (χ2n) is 5.22. The van der Waals surface area contributed by atoms with Gasteiger partial charge in [0.15, 0.2) is 5.17 Å². The van der Waals surface area contributed by atoms with Crippen molar-refractivity contribution >= 4 is 22.8 Å². The van der Waals surface area contributed by atoms with Crippen LogP contribution in [0.1, 0.15) is 33.6 Å². The van der Waals surface area contributed by atoms with Gasteiger partial charge in [0.05, 0.1) is 0 Å². The van der Waals surface area contributed by atoms with Gasteiger partial charge in [-0.1, -0.05) is 25.6 Å². The molecule has 0 aromatic heterocycles. The van der Waals surface area contributed by atoms with Crippen LogP contribution in [-0.2, 0) is 4.79 Å². The van der Waals surface area contributed by atoms with Crippen LogP contribution in [0.25, 0.3) is 0 Å². The Morgan fingerprint density at radius 1 is 1.50 bits per heavy atom. The zero-order chi connectivity index (χ0) is 13.8. The lowest BCUT2D eigenvalue weighted by Crippen LogP contribution is -2.45. The Morgan fingerprint density at radius 3 is 2.50 bits per heavy atom. The molecule has 1 rings (SSSR count). The minimum atomic E-state index is -0.206. The Morgan fingerprint density at radius 2 is 2.11 bits per heavy atom. The number of hydrogen-bond acceptors (Lipinski definition) is 4. The molecule has 0 radical (unpaired) electrons. The number of hydrogen-bond donors (Lipinski definition) is 1. The van der Waals surface area contributed by atoms with Crippen molar-refractivity contribution in [3.63, 3.8) is 0 Å². The van der Waals surface area contributed by atoms with Gasteiger partial charge in [0.2, 0.25) is 5.91 Å². The quantitative estimate of drug-likeness (QED) is 0.850. The molecule has 104 valence electrons. The van der Waals surface area contributed by atoms with E-state index in [0.29, 0.717) is 5.41 Å². The summed E-state index contributed by atoms with van der Waals surface area (Å²) in [6.07, 6.45) is 2.33. The van der Waals surface area contributed by atoms with Crippen molar-refractivity contribution in [1.29, 1.82) is 0 Å². The van der Waals surface area contributed by atoms with E-state index in [-0.39, 0.29) is 11.9 Å². The standard InChI is InChI=1S/C13H25N3OS/c1-6-13(7-2)8-14-12(18-9-13)15-10(3)11(17)16(4)5/h10H,6-9H2,1-5H3,(H,14,15). The van der Waals surface area contributed by atoms with Crippen molar-refractivity contribution in [2.45, 2.75) is 39.7 Å². The molecule has 0 saturated carbocycles. The summed E-state index contributed by atoms with van der Waals surface area (Å²) in [5.41, 5.74) is 0.352. The Kier molecular flexibility index (Phi) is 5.50. The fraction of sp³-hybridized carbons (Fsp3) is 0.846. The third-order valence-corrected chi connectivity index (χ3v) is 5.00. The molecular weight excluding hydrogens is 246 g/mol. The van der Waals surface area contributed by atoms with Crippen LogP contribution in [-0.4, -0.2) is 48.4 Å². The smallest absolute Gasteiger partial charge is 0.244 e. The van der Waals surface area contributed by atoms with Crippen molar-refractivity contribution in [1.82, 2.24) is 10.2 Å². The Hall–Kier alpha value is -0.710. The molecule has 1 aliphatic heterocycles. The summed E-state index contributed by atoms with van der Waals surface area (Å²) in [5.74, 6) is 1.18. The first-order valence-corrected chi connectivity index (χ1v) is 7.57. The van der Waals surface area contributed by atoms with E-state index in [2.05, 4.69) is 24.2 Å². The van der Waals surface area contributed by atoms with Crippen LogP contribution >= 0.6 is 11.8 Å². The molecule has 1 amide bonds. The maximum Gasteiger partial charge on any atom is 0.244 e. The molecule has 0 bridgehead atoms. The number of aliphatic imine (C=N–C) groups is 1. The van der Waals surface area contributed by atoms with Gasteiger partial charge < -0.3 is 10.2 Å². The zero-order valence-corrected chi connectivity index (χ0v) is 12.9. The van der Waals surface area contributed by atoms with E-state index in [4.69, 9.17) is 0 Å². The van der Waals surface area contributed by atoms with Gasteiger partial charge in [0, 0.05) is 26.4 Å². The summed E-state index contributed by atoms with van der Waals surface area (Å²) in [6, 6.07) is -0.206. The highest BCUT2D eigenvalue weighted by molar-refractivity contribution is 8.13. The van der Waals surface area contributed by atoms with Crippen LogP contribution in [0.15, 0.2) is 4.99 Å². The maximum atomic E-state index is 11.8. The maximum absolute atomic E-state index is 11.8. The highest BCUT2D eigenvalue weighted by Gasteiger charge is 2.30. The molecule has 1 atom stereocenters.